The molecule has 136 valence electrons. The average molecular weight is 353 g/mol. The second kappa shape index (κ2) is 9.63. The van der Waals surface area contributed by atoms with Crippen molar-refractivity contribution >= 4 is 17.8 Å². The molecule has 0 aliphatic heterocycles. The van der Waals surface area contributed by atoms with Gasteiger partial charge in [-0.15, -0.1) is 0 Å². The number of aromatic nitrogens is 1. The third-order valence-corrected chi connectivity index (χ3v) is 3.84. The summed E-state index contributed by atoms with van der Waals surface area (Å²) >= 11 is 0. The molecule has 5 heteroatoms. The van der Waals surface area contributed by atoms with Gasteiger partial charge in [0.1, 0.15) is 12.2 Å². The molecule has 26 heavy (non-hydrogen) atoms. The van der Waals surface area contributed by atoms with Gasteiger partial charge in [0.25, 0.3) is 0 Å². The number of ether oxygens (including phenoxy) is 1. The van der Waals surface area contributed by atoms with Crippen molar-refractivity contribution in [2.75, 3.05) is 6.61 Å². The molecule has 2 rings (SSSR count). The normalized spacial score (nSPS) is 12.1. The highest BCUT2D eigenvalue weighted by Crippen LogP contribution is 2.26. The lowest BCUT2D eigenvalue weighted by atomic mass is 9.98. The number of aryl methyl sites for hydroxylation is 1. The third-order valence-electron chi connectivity index (χ3n) is 3.84. The number of carbonyl (C=O) groups is 2. The Bertz CT molecular complexity index is 784. The number of hydrogen-bond acceptors (Lipinski definition) is 5. The fourth-order valence-corrected chi connectivity index (χ4v) is 2.61. The fraction of sp³-hybridized carbons (Fsp3) is 0.286. The SMILES string of the molecule is CCOC(=O)CC(=O)CC(O)/C=C/c1c(-c2ccccc2)ccnc1C. The third kappa shape index (κ3) is 5.63. The highest BCUT2D eigenvalue weighted by Gasteiger charge is 2.14. The maximum Gasteiger partial charge on any atom is 0.313 e. The van der Waals surface area contributed by atoms with E-state index in [2.05, 4.69) is 4.98 Å². The van der Waals surface area contributed by atoms with Crippen LogP contribution in [0.5, 0.6) is 0 Å². The maximum atomic E-state index is 11.8. The van der Waals surface area contributed by atoms with E-state index in [1.165, 1.54) is 0 Å². The summed E-state index contributed by atoms with van der Waals surface area (Å²) in [5.41, 5.74) is 3.76. The zero-order valence-corrected chi connectivity index (χ0v) is 15.0. The van der Waals surface area contributed by atoms with Gasteiger partial charge < -0.3 is 9.84 Å². The first-order valence-electron chi connectivity index (χ1n) is 8.56. The predicted molar refractivity (Wildman–Crippen MR) is 100 cm³/mol. The molecule has 1 unspecified atom stereocenters. The summed E-state index contributed by atoms with van der Waals surface area (Å²) in [6, 6.07) is 11.8. The molecule has 1 atom stereocenters. The number of esters is 1. The van der Waals surface area contributed by atoms with Crippen LogP contribution in [-0.4, -0.2) is 34.6 Å². The number of pyridine rings is 1. The molecule has 0 radical (unpaired) electrons. The Morgan fingerprint density at radius 1 is 1.23 bits per heavy atom. The Balaban J connectivity index is 2.10. The van der Waals surface area contributed by atoms with Gasteiger partial charge in [0, 0.05) is 23.9 Å². The van der Waals surface area contributed by atoms with Gasteiger partial charge in [0.15, 0.2) is 0 Å². The van der Waals surface area contributed by atoms with Crippen LogP contribution in [0.2, 0.25) is 0 Å². The minimum atomic E-state index is -0.972. The molecule has 1 aromatic heterocycles. The van der Waals surface area contributed by atoms with E-state index in [9.17, 15) is 14.7 Å². The molecular formula is C21H23NO4. The Morgan fingerprint density at radius 3 is 2.65 bits per heavy atom. The highest BCUT2D eigenvalue weighted by molar-refractivity contribution is 5.95. The minimum absolute atomic E-state index is 0.130. The summed E-state index contributed by atoms with van der Waals surface area (Å²) in [7, 11) is 0. The highest BCUT2D eigenvalue weighted by atomic mass is 16.5. The Hall–Kier alpha value is -2.79. The lowest BCUT2D eigenvalue weighted by molar-refractivity contribution is -0.145. The van der Waals surface area contributed by atoms with E-state index in [4.69, 9.17) is 4.74 Å². The van der Waals surface area contributed by atoms with Crippen molar-refractivity contribution in [2.45, 2.75) is 32.8 Å². The molecule has 0 saturated carbocycles. The summed E-state index contributed by atoms with van der Waals surface area (Å²) in [5.74, 6) is -0.921. The van der Waals surface area contributed by atoms with E-state index < -0.39 is 12.1 Å². The van der Waals surface area contributed by atoms with Crippen LogP contribution in [0.25, 0.3) is 17.2 Å². The summed E-state index contributed by atoms with van der Waals surface area (Å²) < 4.78 is 4.74. The standard InChI is InChI=1S/C21H23NO4/c1-3-26-21(25)14-18(24)13-17(23)9-10-19-15(2)22-12-11-20(19)16-7-5-4-6-8-16/h4-12,17,23H,3,13-14H2,1-2H3/b10-9+. The monoisotopic (exact) mass is 353 g/mol. The van der Waals surface area contributed by atoms with Crippen molar-refractivity contribution in [3.63, 3.8) is 0 Å². The van der Waals surface area contributed by atoms with Gasteiger partial charge in [-0.1, -0.05) is 42.5 Å². The number of aliphatic hydroxyl groups is 1. The van der Waals surface area contributed by atoms with Crippen molar-refractivity contribution in [1.82, 2.24) is 4.98 Å². The number of nitrogens with zero attached hydrogens (tertiary/aromatic N) is 1. The molecule has 1 N–H and O–H groups in total. The molecule has 0 amide bonds. The fourth-order valence-electron chi connectivity index (χ4n) is 2.61. The van der Waals surface area contributed by atoms with Gasteiger partial charge in [-0.25, -0.2) is 0 Å². The smallest absolute Gasteiger partial charge is 0.313 e. The van der Waals surface area contributed by atoms with Gasteiger partial charge in [0.05, 0.1) is 12.7 Å². The molecular weight excluding hydrogens is 330 g/mol. The number of Topliss-reactive ketones (excluding diaryl/α,β-unsaturated/α-hetero) is 1. The first-order valence-corrected chi connectivity index (χ1v) is 8.56. The van der Waals surface area contributed by atoms with Gasteiger partial charge in [0.2, 0.25) is 0 Å². The Labute approximate surface area is 153 Å². The van der Waals surface area contributed by atoms with Gasteiger partial charge in [-0.2, -0.15) is 0 Å². The lowest BCUT2D eigenvalue weighted by Gasteiger charge is -2.10. The molecule has 0 bridgehead atoms. The first kappa shape index (κ1) is 19.5. The first-order chi connectivity index (χ1) is 12.5. The number of hydrogen-bond donors (Lipinski definition) is 1. The maximum absolute atomic E-state index is 11.8. The van der Waals surface area contributed by atoms with E-state index in [1.807, 2.05) is 43.3 Å². The van der Waals surface area contributed by atoms with E-state index in [-0.39, 0.29) is 25.2 Å². The molecule has 5 nitrogen and oxygen atoms in total. The average Bonchev–Trinajstić information content (AvgIpc) is 2.61. The molecule has 0 aliphatic rings. The molecule has 0 saturated heterocycles. The van der Waals surface area contributed by atoms with Crippen LogP contribution in [0.1, 0.15) is 31.0 Å². The number of carbonyl (C=O) groups excluding carboxylic acids is 2. The van der Waals surface area contributed by atoms with Crippen molar-refractivity contribution in [2.24, 2.45) is 0 Å². The summed E-state index contributed by atoms with van der Waals surface area (Å²) in [4.78, 5) is 27.4. The van der Waals surface area contributed by atoms with Crippen LogP contribution in [0.3, 0.4) is 0 Å². The van der Waals surface area contributed by atoms with Gasteiger partial charge in [-0.3, -0.25) is 14.6 Å². The van der Waals surface area contributed by atoms with Crippen LogP contribution < -0.4 is 0 Å². The van der Waals surface area contributed by atoms with Gasteiger partial charge >= 0.3 is 5.97 Å². The summed E-state index contributed by atoms with van der Waals surface area (Å²) in [5, 5.41) is 10.1. The Morgan fingerprint density at radius 2 is 1.96 bits per heavy atom. The van der Waals surface area contributed by atoms with Gasteiger partial charge in [-0.05, 0) is 31.0 Å². The molecule has 1 heterocycles. The largest absolute Gasteiger partial charge is 0.466 e. The quantitative estimate of drug-likeness (QED) is 0.582. The van der Waals surface area contributed by atoms with E-state index in [0.717, 1.165) is 22.4 Å². The van der Waals surface area contributed by atoms with E-state index in [1.54, 1.807) is 25.3 Å². The van der Waals surface area contributed by atoms with E-state index in [0.29, 0.717) is 0 Å². The topological polar surface area (TPSA) is 76.5 Å². The van der Waals surface area contributed by atoms with Crippen LogP contribution in [0.4, 0.5) is 0 Å². The lowest BCUT2D eigenvalue weighted by Crippen LogP contribution is -2.16. The van der Waals surface area contributed by atoms with E-state index >= 15 is 0 Å². The zero-order chi connectivity index (χ0) is 18.9. The zero-order valence-electron chi connectivity index (χ0n) is 15.0. The number of aliphatic hydroxyl groups excluding tert-OH is 1. The van der Waals surface area contributed by atoms with Crippen LogP contribution >= 0.6 is 0 Å². The van der Waals surface area contributed by atoms with Crippen molar-refractivity contribution in [1.29, 1.82) is 0 Å². The molecule has 0 spiro atoms. The second-order valence-electron chi connectivity index (χ2n) is 5.87. The minimum Gasteiger partial charge on any atom is -0.466 e. The van der Waals surface area contributed by atoms with Crippen molar-refractivity contribution in [3.05, 3.63) is 59.9 Å². The second-order valence-corrected chi connectivity index (χ2v) is 5.87. The molecule has 0 aliphatic carbocycles. The number of benzene rings is 1. The molecule has 1 aromatic carbocycles. The predicted octanol–water partition coefficient (Wildman–Crippen LogP) is 3.34. The summed E-state index contributed by atoms with van der Waals surface area (Å²) in [6.07, 6.45) is 3.65. The van der Waals surface area contributed by atoms with Crippen LogP contribution in [0.15, 0.2) is 48.7 Å². The Kier molecular flexibility index (Phi) is 7.24. The summed E-state index contributed by atoms with van der Waals surface area (Å²) in [6.45, 7) is 3.81. The van der Waals surface area contributed by atoms with Crippen LogP contribution in [0, 0.1) is 6.92 Å². The van der Waals surface area contributed by atoms with Crippen molar-refractivity contribution in [3.8, 4) is 11.1 Å². The number of rotatable bonds is 8. The molecule has 0 fully saturated rings. The van der Waals surface area contributed by atoms with Crippen LogP contribution in [-0.2, 0) is 14.3 Å². The molecule has 2 aromatic rings. The van der Waals surface area contributed by atoms with Crippen molar-refractivity contribution < 1.29 is 19.4 Å². The number of ketones is 1.